The summed E-state index contributed by atoms with van der Waals surface area (Å²) in [5, 5.41) is 7.71. The van der Waals surface area contributed by atoms with Crippen LogP contribution in [-0.4, -0.2) is 19.1 Å². The second-order valence-electron chi connectivity index (χ2n) is 14.5. The maximum atomic E-state index is 5.14. The highest BCUT2D eigenvalue weighted by Crippen LogP contribution is 2.51. The van der Waals surface area contributed by atoms with Crippen molar-refractivity contribution >= 4 is 75.1 Å². The van der Waals surface area contributed by atoms with Gasteiger partial charge in [0.05, 0.1) is 33.5 Å². The predicted octanol–water partition coefficient (Wildman–Crippen LogP) is 14.0. The molecule has 266 valence electrons. The van der Waals surface area contributed by atoms with E-state index in [4.69, 9.17) is 9.97 Å². The number of benzene rings is 8. The first-order valence-corrected chi connectivity index (χ1v) is 20.1. The molecule has 8 aromatic carbocycles. The standard InChI is InChI=1S/C52H32N4S/c1-4-16-33(17-5-1)41-32-42(54-52(53-41)35-18-6-2-7-19-35)34-28-30-37(31-29-34)56-44-26-14-11-23-39(44)48-50(56)49-46(47-40-24-12-15-27-45(40)57-51(47)48)38-22-10-13-25-43(38)55(49)36-20-8-3-9-21-36/h1-32H. The van der Waals surface area contributed by atoms with Gasteiger partial charge in [0.1, 0.15) is 0 Å². The summed E-state index contributed by atoms with van der Waals surface area (Å²) in [6, 6.07) is 69.2. The van der Waals surface area contributed by atoms with Gasteiger partial charge in [0.25, 0.3) is 0 Å². The Kier molecular flexibility index (Phi) is 7.06. The van der Waals surface area contributed by atoms with Gasteiger partial charge in [0, 0.05) is 69.8 Å². The highest BCUT2D eigenvalue weighted by Gasteiger charge is 2.26. The second-order valence-corrected chi connectivity index (χ2v) is 15.6. The Balaban J connectivity index is 1.17. The molecule has 0 atom stereocenters. The number of thiophene rings is 1. The van der Waals surface area contributed by atoms with Crippen molar-refractivity contribution in [2.75, 3.05) is 0 Å². The normalized spacial score (nSPS) is 11.9. The molecule has 0 N–H and O–H groups in total. The topological polar surface area (TPSA) is 35.6 Å². The van der Waals surface area contributed by atoms with E-state index in [9.17, 15) is 0 Å². The van der Waals surface area contributed by atoms with E-state index in [0.717, 1.165) is 39.5 Å². The fraction of sp³-hybridized carbons (Fsp3) is 0. The monoisotopic (exact) mass is 744 g/mol. The average molecular weight is 745 g/mol. The van der Waals surface area contributed by atoms with E-state index in [0.29, 0.717) is 5.82 Å². The zero-order valence-corrected chi connectivity index (χ0v) is 31.5. The Morgan fingerprint density at radius 1 is 0.368 bits per heavy atom. The van der Waals surface area contributed by atoms with Gasteiger partial charge < -0.3 is 9.13 Å². The van der Waals surface area contributed by atoms with Gasteiger partial charge in [-0.05, 0) is 48.5 Å². The molecule has 0 radical (unpaired) electrons. The minimum Gasteiger partial charge on any atom is -0.307 e. The molecule has 57 heavy (non-hydrogen) atoms. The maximum Gasteiger partial charge on any atom is 0.160 e. The third-order valence-electron chi connectivity index (χ3n) is 11.3. The highest BCUT2D eigenvalue weighted by molar-refractivity contribution is 7.27. The fourth-order valence-electron chi connectivity index (χ4n) is 8.84. The summed E-state index contributed by atoms with van der Waals surface area (Å²) in [7, 11) is 0. The van der Waals surface area contributed by atoms with Gasteiger partial charge in [-0.15, -0.1) is 11.3 Å². The lowest BCUT2D eigenvalue weighted by molar-refractivity contribution is 1.15. The number of aromatic nitrogens is 4. The van der Waals surface area contributed by atoms with E-state index in [1.54, 1.807) is 0 Å². The third kappa shape index (κ3) is 4.86. The number of rotatable bonds is 5. The Hall–Kier alpha value is -7.34. The number of hydrogen-bond acceptors (Lipinski definition) is 3. The summed E-state index contributed by atoms with van der Waals surface area (Å²) < 4.78 is 7.60. The van der Waals surface area contributed by atoms with E-state index < -0.39 is 0 Å². The van der Waals surface area contributed by atoms with E-state index in [1.165, 1.54) is 63.8 Å². The van der Waals surface area contributed by atoms with E-state index in [1.807, 2.05) is 35.6 Å². The Morgan fingerprint density at radius 2 is 0.842 bits per heavy atom. The zero-order chi connectivity index (χ0) is 37.5. The van der Waals surface area contributed by atoms with Crippen LogP contribution in [0.3, 0.4) is 0 Å². The number of nitrogens with zero attached hydrogens (tertiary/aromatic N) is 4. The molecule has 4 heterocycles. The van der Waals surface area contributed by atoms with Gasteiger partial charge in [-0.3, -0.25) is 0 Å². The zero-order valence-electron chi connectivity index (χ0n) is 30.7. The van der Waals surface area contributed by atoms with Crippen molar-refractivity contribution in [3.05, 3.63) is 194 Å². The summed E-state index contributed by atoms with van der Waals surface area (Å²) in [6.45, 7) is 0. The molecule has 0 saturated heterocycles. The first kappa shape index (κ1) is 32.0. The van der Waals surface area contributed by atoms with E-state index >= 15 is 0 Å². The van der Waals surface area contributed by atoms with Gasteiger partial charge in [0.2, 0.25) is 0 Å². The summed E-state index contributed by atoms with van der Waals surface area (Å²) in [6.07, 6.45) is 0. The molecule has 0 unspecified atom stereocenters. The summed E-state index contributed by atoms with van der Waals surface area (Å²) in [5.74, 6) is 0.710. The lowest BCUT2D eigenvalue weighted by Crippen LogP contribution is -1.99. The average Bonchev–Trinajstić information content (AvgIpc) is 3.95. The van der Waals surface area contributed by atoms with Crippen molar-refractivity contribution in [1.82, 2.24) is 19.1 Å². The van der Waals surface area contributed by atoms with Crippen LogP contribution in [0.5, 0.6) is 0 Å². The van der Waals surface area contributed by atoms with Crippen LogP contribution in [0.1, 0.15) is 0 Å². The number of fused-ring (bicyclic) bond motifs is 12. The number of hydrogen-bond donors (Lipinski definition) is 0. The predicted molar refractivity (Wildman–Crippen MR) is 240 cm³/mol. The highest BCUT2D eigenvalue weighted by atomic mass is 32.1. The molecule has 0 amide bonds. The largest absolute Gasteiger partial charge is 0.307 e. The molecule has 5 heteroatoms. The van der Waals surface area contributed by atoms with Crippen LogP contribution in [-0.2, 0) is 0 Å². The molecule has 0 fully saturated rings. The van der Waals surface area contributed by atoms with E-state index in [2.05, 4.69) is 179 Å². The Labute approximate surface area is 332 Å². The lowest BCUT2D eigenvalue weighted by Gasteiger charge is -2.14. The van der Waals surface area contributed by atoms with Crippen LogP contribution < -0.4 is 0 Å². The summed E-state index contributed by atoms with van der Waals surface area (Å²) in [5.41, 5.74) is 11.9. The van der Waals surface area contributed by atoms with Crippen LogP contribution in [0.15, 0.2) is 194 Å². The molecule has 0 bridgehead atoms. The van der Waals surface area contributed by atoms with Crippen molar-refractivity contribution in [2.24, 2.45) is 0 Å². The number of para-hydroxylation sites is 3. The van der Waals surface area contributed by atoms with Gasteiger partial charge in [-0.25, -0.2) is 9.97 Å². The van der Waals surface area contributed by atoms with Crippen LogP contribution in [0.25, 0.3) is 109 Å². The van der Waals surface area contributed by atoms with Crippen molar-refractivity contribution < 1.29 is 0 Å². The molecule has 12 rings (SSSR count). The van der Waals surface area contributed by atoms with Crippen LogP contribution in [0, 0.1) is 0 Å². The molecular weight excluding hydrogens is 713 g/mol. The smallest absolute Gasteiger partial charge is 0.160 e. The summed E-state index contributed by atoms with van der Waals surface area (Å²) >= 11 is 1.90. The first-order chi connectivity index (χ1) is 28.3. The van der Waals surface area contributed by atoms with Crippen molar-refractivity contribution in [3.8, 4) is 45.3 Å². The Bertz CT molecular complexity index is 3430. The molecule has 12 aromatic rings. The van der Waals surface area contributed by atoms with Crippen LogP contribution in [0.4, 0.5) is 0 Å². The van der Waals surface area contributed by atoms with Gasteiger partial charge in [-0.2, -0.15) is 0 Å². The summed E-state index contributed by atoms with van der Waals surface area (Å²) in [4.78, 5) is 10.2. The second kappa shape index (κ2) is 12.6. The first-order valence-electron chi connectivity index (χ1n) is 19.3. The van der Waals surface area contributed by atoms with Crippen molar-refractivity contribution in [1.29, 1.82) is 0 Å². The van der Waals surface area contributed by atoms with Gasteiger partial charge in [-0.1, -0.05) is 146 Å². The molecule has 0 aliphatic carbocycles. The van der Waals surface area contributed by atoms with Crippen LogP contribution in [0.2, 0.25) is 0 Å². The fourth-order valence-corrected chi connectivity index (χ4v) is 10.1. The molecule has 4 nitrogen and oxygen atoms in total. The SMILES string of the molecule is c1ccc(-c2cc(-c3ccc(-n4c5ccccc5c5c6sc7ccccc7c6c6c7ccccc7n(-c7ccccc7)c6c54)cc3)nc(-c3ccccc3)n2)cc1. The minimum atomic E-state index is 0.710. The maximum absolute atomic E-state index is 5.14. The Morgan fingerprint density at radius 3 is 1.49 bits per heavy atom. The molecular formula is C52H32N4S. The molecule has 4 aromatic heterocycles. The molecule has 0 spiro atoms. The lowest BCUT2D eigenvalue weighted by atomic mass is 10.0. The van der Waals surface area contributed by atoms with Crippen LogP contribution >= 0.6 is 11.3 Å². The van der Waals surface area contributed by atoms with Crippen molar-refractivity contribution in [3.63, 3.8) is 0 Å². The minimum absolute atomic E-state index is 0.710. The van der Waals surface area contributed by atoms with Gasteiger partial charge in [0.15, 0.2) is 5.82 Å². The quantitative estimate of drug-likeness (QED) is 0.176. The third-order valence-corrected chi connectivity index (χ3v) is 12.5. The van der Waals surface area contributed by atoms with E-state index in [-0.39, 0.29) is 0 Å². The molecule has 0 saturated carbocycles. The molecule has 0 aliphatic heterocycles. The van der Waals surface area contributed by atoms with Gasteiger partial charge >= 0.3 is 0 Å². The van der Waals surface area contributed by atoms with Crippen molar-refractivity contribution in [2.45, 2.75) is 0 Å². The molecule has 0 aliphatic rings.